The van der Waals surface area contributed by atoms with E-state index in [0.29, 0.717) is 5.41 Å². The molecule has 0 aliphatic heterocycles. The molecule has 0 aromatic rings. The van der Waals surface area contributed by atoms with Crippen molar-refractivity contribution in [1.29, 1.82) is 0 Å². The fraction of sp³-hybridized carbons (Fsp3) is 1.00. The molecule has 1 atom stereocenters. The highest BCUT2D eigenvalue weighted by atomic mass is 15.2. The molecule has 0 aliphatic rings. The smallest absolute Gasteiger partial charge is 0.0109 e. The van der Waals surface area contributed by atoms with E-state index in [1.54, 1.807) is 0 Å². The molecule has 3 nitrogen and oxygen atoms in total. The van der Waals surface area contributed by atoms with E-state index in [9.17, 15) is 0 Å². The number of nitrogens with one attached hydrogen (secondary N) is 1. The van der Waals surface area contributed by atoms with Crippen LogP contribution in [0.15, 0.2) is 0 Å². The predicted molar refractivity (Wildman–Crippen MR) is 86.8 cm³/mol. The van der Waals surface area contributed by atoms with Crippen LogP contribution in [0, 0.1) is 11.3 Å². The van der Waals surface area contributed by atoms with Gasteiger partial charge in [0.1, 0.15) is 0 Å². The average molecular weight is 271 g/mol. The van der Waals surface area contributed by atoms with Gasteiger partial charge in [-0.3, -0.25) is 0 Å². The van der Waals surface area contributed by atoms with Crippen molar-refractivity contribution in [3.63, 3.8) is 0 Å². The third-order valence-electron chi connectivity index (χ3n) is 3.55. The summed E-state index contributed by atoms with van der Waals surface area (Å²) in [6.07, 6.45) is 2.56. The summed E-state index contributed by atoms with van der Waals surface area (Å²) in [7, 11) is 6.39. The number of rotatable bonds is 11. The molecule has 0 rings (SSSR count). The van der Waals surface area contributed by atoms with Crippen LogP contribution >= 0.6 is 0 Å². The van der Waals surface area contributed by atoms with Gasteiger partial charge in [0.25, 0.3) is 0 Å². The summed E-state index contributed by atoms with van der Waals surface area (Å²) in [4.78, 5) is 4.93. The van der Waals surface area contributed by atoms with Crippen LogP contribution in [0.3, 0.4) is 0 Å². The van der Waals surface area contributed by atoms with Gasteiger partial charge in [-0.15, -0.1) is 0 Å². The highest BCUT2D eigenvalue weighted by Crippen LogP contribution is 2.24. The Balaban J connectivity index is 4.54. The summed E-state index contributed by atoms with van der Waals surface area (Å²) in [5.41, 5.74) is 0.394. The Hall–Kier alpha value is -0.120. The zero-order valence-corrected chi connectivity index (χ0v) is 14.4. The first kappa shape index (κ1) is 18.9. The Bertz CT molecular complexity index is 208. The first-order chi connectivity index (χ1) is 8.83. The SMILES string of the molecule is CCCC(C)(CNC)CN(CCN(C)C)CC(C)C. The van der Waals surface area contributed by atoms with Gasteiger partial charge in [-0.05, 0) is 38.9 Å². The summed E-state index contributed by atoms with van der Waals surface area (Å²) in [6, 6.07) is 0. The van der Waals surface area contributed by atoms with Gasteiger partial charge >= 0.3 is 0 Å². The van der Waals surface area contributed by atoms with Crippen LogP contribution in [0.2, 0.25) is 0 Å². The highest BCUT2D eigenvalue weighted by Gasteiger charge is 2.25. The Kier molecular flexibility index (Phi) is 9.67. The summed E-state index contributed by atoms with van der Waals surface area (Å²) < 4.78 is 0. The fourth-order valence-electron chi connectivity index (χ4n) is 2.89. The van der Waals surface area contributed by atoms with Gasteiger partial charge in [0.05, 0.1) is 0 Å². The first-order valence-corrected chi connectivity index (χ1v) is 7.84. The van der Waals surface area contributed by atoms with Crippen molar-refractivity contribution in [1.82, 2.24) is 15.1 Å². The molecule has 0 aromatic carbocycles. The molecule has 0 amide bonds. The topological polar surface area (TPSA) is 18.5 Å². The molecule has 0 bridgehead atoms. The zero-order valence-electron chi connectivity index (χ0n) is 14.4. The largest absolute Gasteiger partial charge is 0.319 e. The van der Waals surface area contributed by atoms with Crippen molar-refractivity contribution in [3.8, 4) is 0 Å². The molecule has 3 heteroatoms. The quantitative estimate of drug-likeness (QED) is 0.623. The molecule has 0 saturated heterocycles. The lowest BCUT2D eigenvalue weighted by Crippen LogP contribution is -2.45. The number of nitrogens with zero attached hydrogens (tertiary/aromatic N) is 2. The van der Waals surface area contributed by atoms with Crippen molar-refractivity contribution < 1.29 is 0 Å². The third kappa shape index (κ3) is 9.42. The number of likely N-dealkylation sites (N-methyl/N-ethyl adjacent to an activating group) is 1. The average Bonchev–Trinajstić information content (AvgIpc) is 2.25. The van der Waals surface area contributed by atoms with E-state index in [1.165, 1.54) is 32.5 Å². The van der Waals surface area contributed by atoms with Gasteiger partial charge < -0.3 is 15.1 Å². The standard InChI is InChI=1S/C16H37N3/c1-8-9-16(4,13-17-5)14-19(12-15(2)3)11-10-18(6)7/h15,17H,8-14H2,1-7H3. The van der Waals surface area contributed by atoms with E-state index in [0.717, 1.165) is 19.0 Å². The van der Waals surface area contributed by atoms with Crippen LogP contribution in [0.4, 0.5) is 0 Å². The highest BCUT2D eigenvalue weighted by molar-refractivity contribution is 4.81. The van der Waals surface area contributed by atoms with Crippen LogP contribution in [-0.4, -0.2) is 63.7 Å². The predicted octanol–water partition coefficient (Wildman–Crippen LogP) is 2.53. The fourth-order valence-corrected chi connectivity index (χ4v) is 2.89. The van der Waals surface area contributed by atoms with E-state index in [1.807, 2.05) is 0 Å². The third-order valence-corrected chi connectivity index (χ3v) is 3.55. The Morgan fingerprint density at radius 3 is 2.21 bits per heavy atom. The lowest BCUT2D eigenvalue weighted by Gasteiger charge is -2.37. The van der Waals surface area contributed by atoms with E-state index >= 15 is 0 Å². The van der Waals surface area contributed by atoms with Crippen LogP contribution < -0.4 is 5.32 Å². The van der Waals surface area contributed by atoms with E-state index < -0.39 is 0 Å². The molecule has 0 aromatic heterocycles. The van der Waals surface area contributed by atoms with E-state index in [-0.39, 0.29) is 0 Å². The minimum atomic E-state index is 0.394. The minimum absolute atomic E-state index is 0.394. The second kappa shape index (κ2) is 9.73. The molecule has 0 spiro atoms. The summed E-state index contributed by atoms with van der Waals surface area (Å²) in [5, 5.41) is 3.38. The second-order valence-corrected chi connectivity index (χ2v) is 7.02. The maximum atomic E-state index is 3.38. The summed E-state index contributed by atoms with van der Waals surface area (Å²) in [6.45, 7) is 15.2. The minimum Gasteiger partial charge on any atom is -0.319 e. The van der Waals surface area contributed by atoms with Gasteiger partial charge in [-0.2, -0.15) is 0 Å². The normalized spacial score (nSPS) is 15.5. The van der Waals surface area contributed by atoms with Gasteiger partial charge in [0.2, 0.25) is 0 Å². The van der Waals surface area contributed by atoms with Crippen molar-refractivity contribution in [2.24, 2.45) is 11.3 Å². The van der Waals surface area contributed by atoms with Crippen molar-refractivity contribution >= 4 is 0 Å². The Labute approximate surface area is 121 Å². The van der Waals surface area contributed by atoms with Crippen LogP contribution in [0.25, 0.3) is 0 Å². The zero-order chi connectivity index (χ0) is 14.9. The second-order valence-electron chi connectivity index (χ2n) is 7.02. The monoisotopic (exact) mass is 271 g/mol. The van der Waals surface area contributed by atoms with Gasteiger partial charge in [-0.1, -0.05) is 34.1 Å². The molecule has 1 N–H and O–H groups in total. The van der Waals surface area contributed by atoms with E-state index in [2.05, 4.69) is 64.0 Å². The first-order valence-electron chi connectivity index (χ1n) is 7.84. The van der Waals surface area contributed by atoms with Crippen LogP contribution in [-0.2, 0) is 0 Å². The molecule has 0 aliphatic carbocycles. The lowest BCUT2D eigenvalue weighted by atomic mass is 9.84. The molecular formula is C16H37N3. The maximum absolute atomic E-state index is 3.38. The van der Waals surface area contributed by atoms with Crippen molar-refractivity contribution in [2.45, 2.75) is 40.5 Å². The van der Waals surface area contributed by atoms with Crippen molar-refractivity contribution in [2.75, 3.05) is 53.9 Å². The molecule has 0 fully saturated rings. The number of hydrogen-bond donors (Lipinski definition) is 1. The Morgan fingerprint density at radius 1 is 1.16 bits per heavy atom. The lowest BCUT2D eigenvalue weighted by molar-refractivity contribution is 0.131. The Morgan fingerprint density at radius 2 is 1.79 bits per heavy atom. The molecule has 0 saturated carbocycles. The molecule has 0 heterocycles. The maximum Gasteiger partial charge on any atom is 0.0109 e. The van der Waals surface area contributed by atoms with Gasteiger partial charge in [0, 0.05) is 32.7 Å². The van der Waals surface area contributed by atoms with E-state index in [4.69, 9.17) is 0 Å². The molecule has 116 valence electrons. The van der Waals surface area contributed by atoms with Crippen molar-refractivity contribution in [3.05, 3.63) is 0 Å². The number of hydrogen-bond acceptors (Lipinski definition) is 3. The summed E-state index contributed by atoms with van der Waals surface area (Å²) in [5.74, 6) is 0.739. The molecule has 0 radical (unpaired) electrons. The summed E-state index contributed by atoms with van der Waals surface area (Å²) >= 11 is 0. The van der Waals surface area contributed by atoms with Gasteiger partial charge in [-0.25, -0.2) is 0 Å². The van der Waals surface area contributed by atoms with Crippen LogP contribution in [0.5, 0.6) is 0 Å². The molecular weight excluding hydrogens is 234 g/mol. The molecule has 1 unspecified atom stereocenters. The van der Waals surface area contributed by atoms with Gasteiger partial charge in [0.15, 0.2) is 0 Å². The van der Waals surface area contributed by atoms with Crippen LogP contribution in [0.1, 0.15) is 40.5 Å². The molecule has 19 heavy (non-hydrogen) atoms.